The van der Waals surface area contributed by atoms with Gasteiger partial charge in [0.05, 0.1) is 11.0 Å². The van der Waals surface area contributed by atoms with Gasteiger partial charge >= 0.3 is 0 Å². The summed E-state index contributed by atoms with van der Waals surface area (Å²) in [5.74, 6) is 0. The van der Waals surface area contributed by atoms with Crippen molar-refractivity contribution in [1.29, 1.82) is 0 Å². The highest BCUT2D eigenvalue weighted by atomic mass is 15.0. The smallest absolute Gasteiger partial charge is 0.0535 e. The number of aromatic nitrogens is 1. The first kappa shape index (κ1) is 47.8. The van der Waals surface area contributed by atoms with Gasteiger partial charge in [-0.05, 0) is 175 Å². The van der Waals surface area contributed by atoms with E-state index in [2.05, 4.69) is 255 Å². The van der Waals surface area contributed by atoms with E-state index in [0.29, 0.717) is 0 Å². The third kappa shape index (κ3) is 10.1. The van der Waals surface area contributed by atoms with E-state index in [1.807, 2.05) is 6.08 Å². The van der Waals surface area contributed by atoms with Gasteiger partial charge in [0.25, 0.3) is 0 Å². The molecule has 8 aromatic carbocycles. The van der Waals surface area contributed by atoms with E-state index in [1.165, 1.54) is 118 Å². The van der Waals surface area contributed by atoms with E-state index in [4.69, 9.17) is 6.58 Å². The number of nitrogens with zero attached hydrogens (tertiary/aromatic N) is 1. The molecular weight excluding hydrogens is 891 g/mol. The van der Waals surface area contributed by atoms with Crippen LogP contribution in [0, 0.1) is 0 Å². The number of unbranched alkanes of at least 4 members (excludes halogenated alkanes) is 2. The number of hydrogen-bond donors (Lipinski definition) is 0. The highest BCUT2D eigenvalue weighted by Gasteiger charge is 2.21. The number of fused-ring (bicyclic) bond motifs is 3. The molecule has 0 atom stereocenters. The molecule has 1 nitrogen and oxygen atoms in total. The van der Waals surface area contributed by atoms with E-state index in [1.54, 1.807) is 0 Å². The van der Waals surface area contributed by atoms with Gasteiger partial charge in [0.2, 0.25) is 0 Å². The van der Waals surface area contributed by atoms with Gasteiger partial charge in [0, 0.05) is 17.0 Å². The monoisotopic (exact) mass is 953 g/mol. The second kappa shape index (κ2) is 22.1. The molecule has 2 aliphatic rings. The van der Waals surface area contributed by atoms with E-state index in [0.717, 1.165) is 55.2 Å². The number of hydrogen-bond acceptors (Lipinski definition) is 0. The summed E-state index contributed by atoms with van der Waals surface area (Å²) in [5.41, 5.74) is 24.2. The molecule has 1 aromatic heterocycles. The molecule has 0 saturated heterocycles. The Morgan fingerprint density at radius 3 is 1.76 bits per heavy atom. The standard InChI is InChI=1S/C73H63N/c1-4-6-8-18-48-74-71-46-26-53(19-7-5-2)49-68(71)69-50-66(44-47-72(69)74)62-33-31-61(32-34-62)60-29-27-54(28-30-60)52(3)67-45-43-65(57-24-16-11-17-25-57)51-70(67)73(63-39-35-58(36-40-63)55-20-12-9-13-21-55)64-41-37-59(38-42-64)56-22-14-10-15-23-56/h4,9-10,12-16,18,20-41,43-51H,1,3,5-8,11,17,19,42H2,2H3/b48-18-,73-64-. The predicted molar refractivity (Wildman–Crippen MR) is 321 cm³/mol. The van der Waals surface area contributed by atoms with Crippen molar-refractivity contribution >= 4 is 50.3 Å². The summed E-state index contributed by atoms with van der Waals surface area (Å²) in [4.78, 5) is 0. The predicted octanol–water partition coefficient (Wildman–Crippen LogP) is 20.2. The summed E-state index contributed by atoms with van der Waals surface area (Å²) >= 11 is 0. The molecule has 0 radical (unpaired) electrons. The highest BCUT2D eigenvalue weighted by Crippen LogP contribution is 2.41. The summed E-state index contributed by atoms with van der Waals surface area (Å²) < 4.78 is 2.36. The molecule has 0 unspecified atom stereocenters. The Labute approximate surface area is 438 Å². The molecule has 0 fully saturated rings. The van der Waals surface area contributed by atoms with Crippen LogP contribution in [0.1, 0.15) is 90.8 Å². The minimum Gasteiger partial charge on any atom is -0.316 e. The molecule has 0 N–H and O–H groups in total. The van der Waals surface area contributed by atoms with Crippen molar-refractivity contribution in [2.24, 2.45) is 0 Å². The van der Waals surface area contributed by atoms with Crippen molar-refractivity contribution in [3.8, 4) is 33.4 Å². The largest absolute Gasteiger partial charge is 0.316 e. The van der Waals surface area contributed by atoms with Crippen LogP contribution < -0.4 is 0 Å². The van der Waals surface area contributed by atoms with Crippen molar-refractivity contribution in [2.45, 2.75) is 58.3 Å². The number of benzene rings is 8. The van der Waals surface area contributed by atoms with Crippen molar-refractivity contribution in [1.82, 2.24) is 4.57 Å². The third-order valence-electron chi connectivity index (χ3n) is 14.9. The van der Waals surface area contributed by atoms with Gasteiger partial charge in [-0.3, -0.25) is 0 Å². The van der Waals surface area contributed by atoms with Gasteiger partial charge in [-0.15, -0.1) is 6.58 Å². The van der Waals surface area contributed by atoms with E-state index in [9.17, 15) is 0 Å². The lowest BCUT2D eigenvalue weighted by molar-refractivity contribution is 0.796. The second-order valence-corrected chi connectivity index (χ2v) is 19.7. The number of allylic oxidation sites excluding steroid dienone is 11. The Bertz CT molecular complexity index is 3690. The van der Waals surface area contributed by atoms with Crippen LogP contribution in [0.5, 0.6) is 0 Å². The molecule has 0 bridgehead atoms. The Hall–Kier alpha value is -8.52. The van der Waals surface area contributed by atoms with Crippen molar-refractivity contribution < 1.29 is 0 Å². The number of aryl methyl sites for hydroxylation is 1. The summed E-state index contributed by atoms with van der Waals surface area (Å²) in [7, 11) is 0. The zero-order valence-corrected chi connectivity index (χ0v) is 42.6. The molecule has 0 aliphatic heterocycles. The average molecular weight is 954 g/mol. The molecule has 0 saturated carbocycles. The summed E-state index contributed by atoms with van der Waals surface area (Å²) in [5, 5.41) is 2.60. The van der Waals surface area contributed by atoms with Gasteiger partial charge in [0.15, 0.2) is 0 Å². The normalized spacial score (nSPS) is 14.1. The first-order valence-corrected chi connectivity index (χ1v) is 26.6. The van der Waals surface area contributed by atoms with Crippen LogP contribution in [0.15, 0.2) is 255 Å². The van der Waals surface area contributed by atoms with E-state index >= 15 is 0 Å². The highest BCUT2D eigenvalue weighted by molar-refractivity contribution is 6.11. The Morgan fingerprint density at radius 1 is 0.514 bits per heavy atom. The lowest BCUT2D eigenvalue weighted by atomic mass is 9.81. The van der Waals surface area contributed by atoms with Crippen LogP contribution in [0.2, 0.25) is 0 Å². The van der Waals surface area contributed by atoms with Gasteiger partial charge in [0.1, 0.15) is 0 Å². The molecule has 1 heterocycles. The van der Waals surface area contributed by atoms with Crippen LogP contribution in [0.25, 0.3) is 83.7 Å². The topological polar surface area (TPSA) is 4.93 Å². The van der Waals surface area contributed by atoms with Gasteiger partial charge in [-0.25, -0.2) is 0 Å². The van der Waals surface area contributed by atoms with Crippen molar-refractivity contribution in [3.05, 3.63) is 294 Å². The summed E-state index contributed by atoms with van der Waals surface area (Å²) in [6.07, 6.45) is 28.8. The molecule has 74 heavy (non-hydrogen) atoms. The Kier molecular flexibility index (Phi) is 14.3. The maximum atomic E-state index is 4.86. The van der Waals surface area contributed by atoms with E-state index < -0.39 is 0 Å². The SMILES string of the molecule is C=CCC/C=C\n1c2ccc(CCCC)cc2c2cc(-c3ccc(-c4ccc(C(=C)c5ccc(C6=CCCC=C6)cc5/C(=C5/C=CC(c6ccccc6)=CC5)c5ccc(-c6ccccc6)cc5)cc4)cc3)ccc21. The fourth-order valence-electron chi connectivity index (χ4n) is 10.8. The fourth-order valence-corrected chi connectivity index (χ4v) is 10.8. The molecule has 9 aromatic rings. The molecular formula is C73H63N. The minimum absolute atomic E-state index is 0.816. The molecule has 0 spiro atoms. The Morgan fingerprint density at radius 2 is 1.11 bits per heavy atom. The lowest BCUT2D eigenvalue weighted by Gasteiger charge is -2.22. The third-order valence-corrected chi connectivity index (χ3v) is 14.9. The first-order valence-electron chi connectivity index (χ1n) is 26.6. The quantitative estimate of drug-likeness (QED) is 0.0672. The summed E-state index contributed by atoms with van der Waals surface area (Å²) in [6, 6.07) is 69.6. The van der Waals surface area contributed by atoms with Crippen LogP contribution >= 0.6 is 0 Å². The maximum absolute atomic E-state index is 4.86. The zero-order chi connectivity index (χ0) is 50.2. The first-order chi connectivity index (χ1) is 36.5. The average Bonchev–Trinajstić information content (AvgIpc) is 3.78. The summed E-state index contributed by atoms with van der Waals surface area (Å²) in [6.45, 7) is 11.0. The molecule has 11 rings (SSSR count). The van der Waals surface area contributed by atoms with Crippen molar-refractivity contribution in [2.75, 3.05) is 0 Å². The van der Waals surface area contributed by atoms with Crippen LogP contribution in [0.4, 0.5) is 0 Å². The fraction of sp³-hybridized carbons (Fsp3) is 0.123. The maximum Gasteiger partial charge on any atom is 0.0535 e. The second-order valence-electron chi connectivity index (χ2n) is 19.7. The van der Waals surface area contributed by atoms with Gasteiger partial charge in [-0.1, -0.05) is 226 Å². The van der Waals surface area contributed by atoms with Crippen LogP contribution in [0.3, 0.4) is 0 Å². The molecule has 2 aliphatic carbocycles. The van der Waals surface area contributed by atoms with Gasteiger partial charge < -0.3 is 4.57 Å². The molecule has 1 heteroatoms. The van der Waals surface area contributed by atoms with Crippen LogP contribution in [-0.4, -0.2) is 4.57 Å². The molecule has 360 valence electrons. The molecule has 0 amide bonds. The number of rotatable bonds is 16. The zero-order valence-electron chi connectivity index (χ0n) is 42.6. The van der Waals surface area contributed by atoms with Crippen LogP contribution in [-0.2, 0) is 6.42 Å². The van der Waals surface area contributed by atoms with Crippen molar-refractivity contribution in [3.63, 3.8) is 0 Å². The van der Waals surface area contributed by atoms with Gasteiger partial charge in [-0.2, -0.15) is 0 Å². The minimum atomic E-state index is 0.816. The Balaban J connectivity index is 0.925. The van der Waals surface area contributed by atoms with E-state index in [-0.39, 0.29) is 0 Å². The lowest BCUT2D eigenvalue weighted by Crippen LogP contribution is -2.02.